The predicted molar refractivity (Wildman–Crippen MR) is 125 cm³/mol. The zero-order chi connectivity index (χ0) is 22.7. The van der Waals surface area contributed by atoms with Gasteiger partial charge in [-0.1, -0.05) is 41.4 Å². The van der Waals surface area contributed by atoms with Crippen LogP contribution in [0.25, 0.3) is 0 Å². The summed E-state index contributed by atoms with van der Waals surface area (Å²) in [7, 11) is 1.42. The fourth-order valence-corrected chi connectivity index (χ4v) is 3.80. The maximum Gasteiger partial charge on any atom is 0.272 e. The van der Waals surface area contributed by atoms with E-state index in [2.05, 4.69) is 17.6 Å². The molecule has 10 heteroatoms. The van der Waals surface area contributed by atoms with Crippen molar-refractivity contribution in [3.05, 3.63) is 63.6 Å². The predicted octanol–water partition coefficient (Wildman–Crippen LogP) is 2.33. The topological polar surface area (TPSA) is 96.1 Å². The van der Waals surface area contributed by atoms with Crippen LogP contribution in [0.4, 0.5) is 5.69 Å². The lowest BCUT2D eigenvalue weighted by Gasteiger charge is -2.29. The molecule has 2 N–H and O–H groups in total. The Bertz CT molecular complexity index is 1060. The van der Waals surface area contributed by atoms with E-state index in [9.17, 15) is 14.4 Å². The summed E-state index contributed by atoms with van der Waals surface area (Å²) >= 11 is 16.7. The Balaban J connectivity index is 2.28. The van der Waals surface area contributed by atoms with Crippen molar-refractivity contribution in [1.29, 1.82) is 0 Å². The number of amides is 2. The Morgan fingerprint density at radius 2 is 2.00 bits per heavy atom. The fourth-order valence-electron chi connectivity index (χ4n) is 3.25. The van der Waals surface area contributed by atoms with E-state index in [1.807, 2.05) is 0 Å². The number of carbonyl (C=O) groups is 2. The molecule has 0 aliphatic carbocycles. The van der Waals surface area contributed by atoms with Crippen LogP contribution < -0.4 is 10.6 Å². The van der Waals surface area contributed by atoms with E-state index < -0.39 is 24.0 Å². The lowest BCUT2D eigenvalue weighted by atomic mass is 10.00. The van der Waals surface area contributed by atoms with Crippen molar-refractivity contribution in [3.8, 4) is 0 Å². The van der Waals surface area contributed by atoms with Crippen LogP contribution in [0.5, 0.6) is 0 Å². The minimum Gasteiger partial charge on any atom is -0.319 e. The lowest BCUT2D eigenvalue weighted by molar-refractivity contribution is -0.138. The lowest BCUT2D eigenvalue weighted by Crippen LogP contribution is -2.53. The summed E-state index contributed by atoms with van der Waals surface area (Å²) in [4.78, 5) is 44.4. The average Bonchev–Trinajstić information content (AvgIpc) is 2.88. The summed E-state index contributed by atoms with van der Waals surface area (Å²) in [5, 5.41) is 0.802. The second kappa shape index (κ2) is 9.82. The summed E-state index contributed by atoms with van der Waals surface area (Å²) in [5.41, 5.74) is 7.63. The van der Waals surface area contributed by atoms with Crippen molar-refractivity contribution in [2.45, 2.75) is 12.2 Å². The Hall–Kier alpha value is -2.39. The Morgan fingerprint density at radius 1 is 1.29 bits per heavy atom. The number of nitrogens with two attached hydrogens (primary N) is 1. The van der Waals surface area contributed by atoms with Crippen molar-refractivity contribution >= 4 is 65.3 Å². The molecule has 0 saturated carbocycles. The highest BCUT2D eigenvalue weighted by Gasteiger charge is 2.37. The third-order valence-corrected chi connectivity index (χ3v) is 5.78. The van der Waals surface area contributed by atoms with Crippen LogP contribution in [0.15, 0.2) is 47.5 Å². The Kier molecular flexibility index (Phi) is 7.38. The molecule has 1 heterocycles. The number of aliphatic imine (C=N–C) groups is 1. The molecule has 3 rings (SSSR count). The van der Waals surface area contributed by atoms with Gasteiger partial charge in [0.05, 0.1) is 24.0 Å². The molecule has 0 bridgehead atoms. The van der Waals surface area contributed by atoms with Gasteiger partial charge in [-0.25, -0.2) is 4.99 Å². The van der Waals surface area contributed by atoms with Gasteiger partial charge in [-0.05, 0) is 24.3 Å². The number of carbonyl (C=O) groups excluding carboxylic acids is 3. The van der Waals surface area contributed by atoms with Gasteiger partial charge >= 0.3 is 0 Å². The van der Waals surface area contributed by atoms with Crippen LogP contribution in [-0.4, -0.2) is 60.3 Å². The van der Waals surface area contributed by atoms with Crippen LogP contribution in [0.3, 0.4) is 0 Å². The molecule has 7 nitrogen and oxygen atoms in total. The minimum absolute atomic E-state index is 0.0901. The van der Waals surface area contributed by atoms with Crippen LogP contribution >= 0.6 is 35.8 Å². The number of hydrogen-bond donors (Lipinski definition) is 2. The molecule has 1 radical (unpaired) electrons. The normalized spacial score (nSPS) is 16.8. The Morgan fingerprint density at radius 3 is 2.65 bits per heavy atom. The molecular formula is C21H19Cl2N4O3S. The average molecular weight is 478 g/mol. The van der Waals surface area contributed by atoms with Gasteiger partial charge in [0.1, 0.15) is 0 Å². The largest absolute Gasteiger partial charge is 0.319 e. The molecule has 2 unspecified atom stereocenters. The monoisotopic (exact) mass is 477 g/mol. The first-order valence-corrected chi connectivity index (χ1v) is 10.6. The number of fused-ring (bicyclic) bond motifs is 1. The third-order valence-electron chi connectivity index (χ3n) is 4.82. The highest BCUT2D eigenvalue weighted by molar-refractivity contribution is 7.80. The van der Waals surface area contributed by atoms with Crippen LogP contribution in [0.1, 0.15) is 11.1 Å². The number of anilines is 1. The summed E-state index contributed by atoms with van der Waals surface area (Å²) < 4.78 is 0. The SMILES string of the molecule is CN(C(=O)C(N)CS)C1N=C(c2ccccc2Cl)c2cc(Cl)ccc2N(C[C]=O)C1=O. The number of benzene rings is 2. The molecule has 161 valence electrons. The molecule has 0 fully saturated rings. The van der Waals surface area contributed by atoms with Gasteiger partial charge in [-0.2, -0.15) is 12.6 Å². The number of likely N-dealkylation sites (N-methyl/N-ethyl adjacent to an activating group) is 1. The van der Waals surface area contributed by atoms with Gasteiger partial charge in [-0.3, -0.25) is 14.4 Å². The van der Waals surface area contributed by atoms with Crippen molar-refractivity contribution < 1.29 is 14.4 Å². The standard InChI is InChI=1S/C21H19Cl2N4O3S/c1-26(20(29)16(24)11-31)19-21(30)27(8-9-28)17-7-6-12(22)10-14(17)18(25-19)13-4-2-3-5-15(13)23/h2-7,10,16,19,31H,8,11,24H2,1H3. The summed E-state index contributed by atoms with van der Waals surface area (Å²) in [5.74, 6) is -1.02. The van der Waals surface area contributed by atoms with Crippen molar-refractivity contribution in [2.75, 3.05) is 24.2 Å². The number of thiol groups is 1. The maximum atomic E-state index is 13.4. The number of hydrogen-bond acceptors (Lipinski definition) is 6. The van der Waals surface area contributed by atoms with Crippen molar-refractivity contribution in [1.82, 2.24) is 4.90 Å². The van der Waals surface area contributed by atoms with E-state index in [1.165, 1.54) is 11.9 Å². The molecule has 2 aromatic carbocycles. The van der Waals surface area contributed by atoms with Gasteiger partial charge in [0.25, 0.3) is 5.91 Å². The summed E-state index contributed by atoms with van der Waals surface area (Å²) in [6.45, 7) is -0.351. The maximum absolute atomic E-state index is 13.4. The second-order valence-electron chi connectivity index (χ2n) is 6.80. The zero-order valence-corrected chi connectivity index (χ0v) is 18.9. The number of nitrogens with zero attached hydrogens (tertiary/aromatic N) is 3. The van der Waals surface area contributed by atoms with Gasteiger partial charge in [0, 0.05) is 34.0 Å². The van der Waals surface area contributed by atoms with E-state index in [4.69, 9.17) is 28.9 Å². The fraction of sp³-hybridized carbons (Fsp3) is 0.238. The van der Waals surface area contributed by atoms with E-state index >= 15 is 0 Å². The van der Waals surface area contributed by atoms with Gasteiger partial charge < -0.3 is 15.5 Å². The third kappa shape index (κ3) is 4.62. The van der Waals surface area contributed by atoms with E-state index in [0.29, 0.717) is 32.6 Å². The molecule has 0 saturated heterocycles. The first-order chi connectivity index (χ1) is 14.8. The molecule has 1 aliphatic rings. The van der Waals surface area contributed by atoms with Crippen molar-refractivity contribution in [2.24, 2.45) is 10.7 Å². The molecule has 2 amide bonds. The van der Waals surface area contributed by atoms with Gasteiger partial charge in [-0.15, -0.1) is 0 Å². The second-order valence-corrected chi connectivity index (χ2v) is 8.01. The molecular weight excluding hydrogens is 459 g/mol. The minimum atomic E-state index is -1.29. The molecule has 0 spiro atoms. The summed E-state index contributed by atoms with van der Waals surface area (Å²) in [6.07, 6.45) is 0.457. The van der Waals surface area contributed by atoms with Crippen molar-refractivity contribution in [3.63, 3.8) is 0 Å². The van der Waals surface area contributed by atoms with E-state index in [-0.39, 0.29) is 12.3 Å². The van der Waals surface area contributed by atoms with Crippen LogP contribution in [0.2, 0.25) is 10.0 Å². The summed E-state index contributed by atoms with van der Waals surface area (Å²) in [6, 6.07) is 10.9. The zero-order valence-electron chi connectivity index (χ0n) is 16.5. The van der Waals surface area contributed by atoms with Crippen LogP contribution in [-0.2, 0) is 14.4 Å². The quantitative estimate of drug-likeness (QED) is 0.623. The number of benzodiazepines with no additional fused rings is 1. The molecule has 1 aliphatic heterocycles. The highest BCUT2D eigenvalue weighted by Crippen LogP contribution is 2.33. The van der Waals surface area contributed by atoms with Gasteiger partial charge in [0.15, 0.2) is 0 Å². The Labute approximate surface area is 195 Å². The first-order valence-electron chi connectivity index (χ1n) is 9.22. The number of halogens is 2. The van der Waals surface area contributed by atoms with Gasteiger partial charge in [0.2, 0.25) is 18.4 Å². The molecule has 2 aromatic rings. The molecule has 31 heavy (non-hydrogen) atoms. The molecule has 0 aromatic heterocycles. The first kappa shape index (κ1) is 23.3. The van der Waals surface area contributed by atoms with E-state index in [1.54, 1.807) is 48.8 Å². The molecule has 2 atom stereocenters. The van der Waals surface area contributed by atoms with E-state index in [0.717, 1.165) is 4.90 Å². The van der Waals surface area contributed by atoms with Crippen LogP contribution in [0, 0.1) is 0 Å². The smallest absolute Gasteiger partial charge is 0.272 e. The highest BCUT2D eigenvalue weighted by atomic mass is 35.5. The number of rotatable bonds is 6.